The SMILES string of the molecule is CC(C)N=c1scc(-c2ccc(F)cc2)n1N=Cc1ccc[nH]1. The van der Waals surface area contributed by atoms with Crippen LogP contribution in [0.4, 0.5) is 4.39 Å². The molecule has 0 bridgehead atoms. The van der Waals surface area contributed by atoms with Crippen molar-refractivity contribution >= 4 is 17.6 Å². The Labute approximate surface area is 137 Å². The third kappa shape index (κ3) is 3.65. The molecule has 3 rings (SSSR count). The van der Waals surface area contributed by atoms with Crippen LogP contribution >= 0.6 is 11.3 Å². The molecule has 0 amide bonds. The molecule has 118 valence electrons. The Morgan fingerprint density at radius 3 is 2.65 bits per heavy atom. The van der Waals surface area contributed by atoms with E-state index in [1.54, 1.807) is 23.0 Å². The van der Waals surface area contributed by atoms with Gasteiger partial charge in [-0.25, -0.2) is 9.07 Å². The summed E-state index contributed by atoms with van der Waals surface area (Å²) in [6, 6.07) is 10.4. The van der Waals surface area contributed by atoms with Crippen LogP contribution in [0.5, 0.6) is 0 Å². The molecule has 0 spiro atoms. The zero-order valence-electron chi connectivity index (χ0n) is 12.9. The Bertz CT molecular complexity index is 855. The van der Waals surface area contributed by atoms with Gasteiger partial charge in [0.25, 0.3) is 0 Å². The van der Waals surface area contributed by atoms with Crippen molar-refractivity contribution in [2.75, 3.05) is 0 Å². The fraction of sp³-hybridized carbons (Fsp3) is 0.176. The number of H-pyrrole nitrogens is 1. The van der Waals surface area contributed by atoms with Crippen molar-refractivity contribution in [2.24, 2.45) is 10.1 Å². The monoisotopic (exact) mass is 328 g/mol. The number of benzene rings is 1. The maximum Gasteiger partial charge on any atom is 0.206 e. The second-order valence-electron chi connectivity index (χ2n) is 5.32. The van der Waals surface area contributed by atoms with Crippen molar-refractivity contribution in [1.29, 1.82) is 0 Å². The van der Waals surface area contributed by atoms with Gasteiger partial charge in [0, 0.05) is 23.2 Å². The number of nitrogens with one attached hydrogen (secondary N) is 1. The fourth-order valence-corrected chi connectivity index (χ4v) is 3.05. The normalized spacial score (nSPS) is 12.6. The highest BCUT2D eigenvalue weighted by atomic mass is 32.1. The molecular formula is C17H17FN4S. The Morgan fingerprint density at radius 1 is 1.22 bits per heavy atom. The molecule has 23 heavy (non-hydrogen) atoms. The predicted octanol–water partition coefficient (Wildman–Crippen LogP) is 3.88. The summed E-state index contributed by atoms with van der Waals surface area (Å²) in [4.78, 5) is 8.50. The minimum Gasteiger partial charge on any atom is -0.360 e. The van der Waals surface area contributed by atoms with E-state index < -0.39 is 0 Å². The van der Waals surface area contributed by atoms with E-state index in [0.29, 0.717) is 0 Å². The quantitative estimate of drug-likeness (QED) is 0.707. The van der Waals surface area contributed by atoms with Gasteiger partial charge in [0.05, 0.1) is 17.6 Å². The van der Waals surface area contributed by atoms with Crippen LogP contribution in [0, 0.1) is 5.82 Å². The van der Waals surface area contributed by atoms with E-state index >= 15 is 0 Å². The second-order valence-corrected chi connectivity index (χ2v) is 6.15. The predicted molar refractivity (Wildman–Crippen MR) is 92.2 cm³/mol. The third-order valence-electron chi connectivity index (χ3n) is 3.13. The molecule has 0 radical (unpaired) electrons. The fourth-order valence-electron chi connectivity index (χ4n) is 2.08. The Kier molecular flexibility index (Phi) is 4.52. The molecule has 3 aromatic rings. The minimum absolute atomic E-state index is 0.168. The largest absolute Gasteiger partial charge is 0.360 e. The molecule has 1 aromatic carbocycles. The molecule has 4 nitrogen and oxygen atoms in total. The summed E-state index contributed by atoms with van der Waals surface area (Å²) in [6.07, 6.45) is 3.60. The van der Waals surface area contributed by atoms with E-state index in [4.69, 9.17) is 0 Å². The first kappa shape index (κ1) is 15.4. The maximum atomic E-state index is 13.2. The number of halogens is 1. The van der Waals surface area contributed by atoms with Gasteiger partial charge in [-0.05, 0) is 50.2 Å². The lowest BCUT2D eigenvalue weighted by molar-refractivity contribution is 0.628. The van der Waals surface area contributed by atoms with E-state index in [1.807, 2.05) is 37.6 Å². The van der Waals surface area contributed by atoms with Gasteiger partial charge in [-0.1, -0.05) is 0 Å². The van der Waals surface area contributed by atoms with E-state index in [1.165, 1.54) is 23.5 Å². The van der Waals surface area contributed by atoms with Crippen LogP contribution < -0.4 is 4.80 Å². The van der Waals surface area contributed by atoms with Crippen LogP contribution in [0.25, 0.3) is 11.3 Å². The molecule has 2 heterocycles. The van der Waals surface area contributed by atoms with Crippen LogP contribution in [-0.2, 0) is 0 Å². The van der Waals surface area contributed by atoms with Gasteiger partial charge in [-0.15, -0.1) is 11.3 Å². The number of hydrogen-bond acceptors (Lipinski definition) is 3. The topological polar surface area (TPSA) is 45.4 Å². The summed E-state index contributed by atoms with van der Waals surface area (Å²) >= 11 is 1.52. The number of rotatable bonds is 4. The number of thiazole rings is 1. The molecular weight excluding hydrogens is 311 g/mol. The van der Waals surface area contributed by atoms with Gasteiger partial charge in [0.2, 0.25) is 4.80 Å². The second kappa shape index (κ2) is 6.75. The highest BCUT2D eigenvalue weighted by Crippen LogP contribution is 2.20. The summed E-state index contributed by atoms with van der Waals surface area (Å²) in [5.74, 6) is -0.252. The van der Waals surface area contributed by atoms with Crippen molar-refractivity contribution in [2.45, 2.75) is 19.9 Å². The van der Waals surface area contributed by atoms with E-state index in [2.05, 4.69) is 15.1 Å². The van der Waals surface area contributed by atoms with E-state index in [0.717, 1.165) is 21.8 Å². The Hall–Kier alpha value is -2.47. The van der Waals surface area contributed by atoms with Crippen LogP contribution in [0.3, 0.4) is 0 Å². The van der Waals surface area contributed by atoms with Crippen LogP contribution in [-0.4, -0.2) is 21.9 Å². The zero-order chi connectivity index (χ0) is 16.2. The summed E-state index contributed by atoms with van der Waals surface area (Å²) in [6.45, 7) is 4.05. The lowest BCUT2D eigenvalue weighted by atomic mass is 10.2. The first-order chi connectivity index (χ1) is 11.1. The Morgan fingerprint density at radius 2 is 2.00 bits per heavy atom. The number of hydrogen-bond donors (Lipinski definition) is 1. The number of nitrogens with zero attached hydrogens (tertiary/aromatic N) is 3. The number of aromatic nitrogens is 2. The molecule has 0 unspecified atom stereocenters. The standard InChI is InChI=1S/C17H17FN4S/c1-12(2)21-17-22(20-10-15-4-3-9-19-15)16(11-23-17)13-5-7-14(18)8-6-13/h3-12,19H,1-2H3. The smallest absolute Gasteiger partial charge is 0.206 e. The molecule has 1 N–H and O–H groups in total. The first-order valence-electron chi connectivity index (χ1n) is 7.31. The van der Waals surface area contributed by atoms with Gasteiger partial charge >= 0.3 is 0 Å². The van der Waals surface area contributed by atoms with Crippen LogP contribution in [0.2, 0.25) is 0 Å². The maximum absolute atomic E-state index is 13.2. The molecule has 0 fully saturated rings. The average Bonchev–Trinajstić information content (AvgIpc) is 3.15. The molecule has 0 aliphatic carbocycles. The van der Waals surface area contributed by atoms with Crippen molar-refractivity contribution in [3.63, 3.8) is 0 Å². The number of aromatic amines is 1. The van der Waals surface area contributed by atoms with E-state index in [-0.39, 0.29) is 11.9 Å². The molecule has 0 aliphatic rings. The summed E-state index contributed by atoms with van der Waals surface area (Å²) in [5.41, 5.74) is 2.69. The highest BCUT2D eigenvalue weighted by Gasteiger charge is 2.08. The molecule has 6 heteroatoms. The lowest BCUT2D eigenvalue weighted by Gasteiger charge is -2.04. The summed E-state index contributed by atoms with van der Waals surface area (Å²) < 4.78 is 14.9. The lowest BCUT2D eigenvalue weighted by Crippen LogP contribution is -2.14. The van der Waals surface area contributed by atoms with Crippen LogP contribution in [0.15, 0.2) is 58.1 Å². The van der Waals surface area contributed by atoms with Gasteiger partial charge in [-0.2, -0.15) is 5.10 Å². The van der Waals surface area contributed by atoms with Crippen molar-refractivity contribution < 1.29 is 4.39 Å². The highest BCUT2D eigenvalue weighted by molar-refractivity contribution is 7.07. The van der Waals surface area contributed by atoms with Crippen molar-refractivity contribution in [1.82, 2.24) is 9.66 Å². The van der Waals surface area contributed by atoms with Gasteiger partial charge in [0.15, 0.2) is 0 Å². The minimum atomic E-state index is -0.252. The van der Waals surface area contributed by atoms with Gasteiger partial charge < -0.3 is 4.98 Å². The van der Waals surface area contributed by atoms with Gasteiger partial charge in [0.1, 0.15) is 5.82 Å². The first-order valence-corrected chi connectivity index (χ1v) is 8.19. The molecule has 0 saturated heterocycles. The van der Waals surface area contributed by atoms with Crippen molar-refractivity contribution in [3.8, 4) is 11.3 Å². The van der Waals surface area contributed by atoms with E-state index in [9.17, 15) is 4.39 Å². The molecule has 0 aliphatic heterocycles. The average molecular weight is 328 g/mol. The molecule has 2 aromatic heterocycles. The molecule has 0 saturated carbocycles. The van der Waals surface area contributed by atoms with Gasteiger partial charge in [-0.3, -0.25) is 4.99 Å². The summed E-state index contributed by atoms with van der Waals surface area (Å²) in [5, 5.41) is 6.53. The van der Waals surface area contributed by atoms with Crippen LogP contribution in [0.1, 0.15) is 19.5 Å². The summed E-state index contributed by atoms with van der Waals surface area (Å²) in [7, 11) is 0. The van der Waals surface area contributed by atoms with Crippen molar-refractivity contribution in [3.05, 3.63) is 64.3 Å². The molecule has 0 atom stereocenters. The third-order valence-corrected chi connectivity index (χ3v) is 3.96. The Balaban J connectivity index is 2.09. The zero-order valence-corrected chi connectivity index (χ0v) is 13.7.